The maximum absolute atomic E-state index is 12.5. The molecule has 0 unspecified atom stereocenters. The standard InChI is InChI=1S/C17H30N2O2/c1-12(2)19-10-6-7-14(19)11-18-17(21)16-9-5-4-8-15(16)13(3)20/h12,14-16H,4-11H2,1-3H3,(H,18,21)/t14-,15-,16-/m0/s1. The van der Waals surface area contributed by atoms with E-state index in [1.807, 2.05) is 0 Å². The summed E-state index contributed by atoms with van der Waals surface area (Å²) in [6, 6.07) is 1.00. The second kappa shape index (κ2) is 7.39. The predicted molar refractivity (Wildman–Crippen MR) is 84.0 cm³/mol. The Kier molecular flexibility index (Phi) is 5.80. The fourth-order valence-electron chi connectivity index (χ4n) is 4.04. The molecule has 0 aromatic heterocycles. The van der Waals surface area contributed by atoms with Crippen LogP contribution in [-0.2, 0) is 9.59 Å². The largest absolute Gasteiger partial charge is 0.354 e. The van der Waals surface area contributed by atoms with Crippen LogP contribution in [0.3, 0.4) is 0 Å². The van der Waals surface area contributed by atoms with Gasteiger partial charge in [-0.1, -0.05) is 12.8 Å². The number of hydrogen-bond acceptors (Lipinski definition) is 3. The molecule has 1 aliphatic carbocycles. The molecule has 1 aliphatic heterocycles. The summed E-state index contributed by atoms with van der Waals surface area (Å²) in [5.41, 5.74) is 0. The van der Waals surface area contributed by atoms with Gasteiger partial charge in [-0.2, -0.15) is 0 Å². The van der Waals surface area contributed by atoms with Gasteiger partial charge in [-0.15, -0.1) is 0 Å². The molecule has 4 nitrogen and oxygen atoms in total. The Labute approximate surface area is 128 Å². The quantitative estimate of drug-likeness (QED) is 0.847. The van der Waals surface area contributed by atoms with Crippen molar-refractivity contribution in [3.8, 4) is 0 Å². The lowest BCUT2D eigenvalue weighted by Gasteiger charge is -2.31. The van der Waals surface area contributed by atoms with Crippen molar-refractivity contribution in [1.29, 1.82) is 0 Å². The highest BCUT2D eigenvalue weighted by Gasteiger charge is 2.34. The Morgan fingerprint density at radius 1 is 1.10 bits per heavy atom. The zero-order valence-corrected chi connectivity index (χ0v) is 13.7. The van der Waals surface area contributed by atoms with Gasteiger partial charge >= 0.3 is 0 Å². The molecule has 1 saturated carbocycles. The van der Waals surface area contributed by atoms with Crippen LogP contribution in [0.1, 0.15) is 59.3 Å². The number of ketones is 1. The van der Waals surface area contributed by atoms with Gasteiger partial charge in [0.2, 0.25) is 5.91 Å². The summed E-state index contributed by atoms with van der Waals surface area (Å²) in [4.78, 5) is 26.7. The maximum Gasteiger partial charge on any atom is 0.223 e. The highest BCUT2D eigenvalue weighted by Crippen LogP contribution is 2.31. The number of carbonyl (C=O) groups excluding carboxylic acids is 2. The van der Waals surface area contributed by atoms with Gasteiger partial charge in [-0.3, -0.25) is 14.5 Å². The van der Waals surface area contributed by atoms with Gasteiger partial charge in [0, 0.05) is 30.5 Å². The second-order valence-corrected chi connectivity index (χ2v) is 6.98. The molecule has 0 spiro atoms. The number of hydrogen-bond donors (Lipinski definition) is 1. The molecule has 2 fully saturated rings. The lowest BCUT2D eigenvalue weighted by Crippen LogP contribution is -2.46. The normalized spacial score (nSPS) is 30.6. The van der Waals surface area contributed by atoms with Crippen molar-refractivity contribution in [2.75, 3.05) is 13.1 Å². The van der Waals surface area contributed by atoms with Crippen molar-refractivity contribution < 1.29 is 9.59 Å². The number of rotatable bonds is 5. The summed E-state index contributed by atoms with van der Waals surface area (Å²) in [7, 11) is 0. The summed E-state index contributed by atoms with van der Waals surface area (Å²) in [5, 5.41) is 3.13. The van der Waals surface area contributed by atoms with Crippen molar-refractivity contribution in [2.45, 2.75) is 71.4 Å². The van der Waals surface area contributed by atoms with Crippen molar-refractivity contribution in [1.82, 2.24) is 10.2 Å². The molecule has 3 atom stereocenters. The minimum atomic E-state index is -0.0925. The Morgan fingerprint density at radius 3 is 2.38 bits per heavy atom. The Balaban J connectivity index is 1.87. The predicted octanol–water partition coefficient (Wildman–Crippen LogP) is 2.37. The highest BCUT2D eigenvalue weighted by molar-refractivity contribution is 5.87. The van der Waals surface area contributed by atoms with Gasteiger partial charge in [-0.05, 0) is 53.0 Å². The molecule has 1 heterocycles. The molecule has 0 bridgehead atoms. The molecule has 2 rings (SSSR count). The van der Waals surface area contributed by atoms with Gasteiger partial charge in [0.05, 0.1) is 0 Å². The Hall–Kier alpha value is -0.900. The molecule has 0 aromatic rings. The van der Waals surface area contributed by atoms with Crippen LogP contribution in [0.4, 0.5) is 0 Å². The molecule has 1 saturated heterocycles. The van der Waals surface area contributed by atoms with E-state index >= 15 is 0 Å². The van der Waals surface area contributed by atoms with Crippen molar-refractivity contribution in [3.63, 3.8) is 0 Å². The van der Waals surface area contributed by atoms with E-state index < -0.39 is 0 Å². The zero-order chi connectivity index (χ0) is 15.4. The minimum Gasteiger partial charge on any atom is -0.354 e. The highest BCUT2D eigenvalue weighted by atomic mass is 16.2. The van der Waals surface area contributed by atoms with Crippen LogP contribution in [0.5, 0.6) is 0 Å². The number of amides is 1. The third-order valence-corrected chi connectivity index (χ3v) is 5.22. The first-order valence-electron chi connectivity index (χ1n) is 8.54. The summed E-state index contributed by atoms with van der Waals surface area (Å²) in [5.74, 6) is 0.138. The minimum absolute atomic E-state index is 0.0523. The van der Waals surface area contributed by atoms with E-state index in [9.17, 15) is 9.59 Å². The summed E-state index contributed by atoms with van der Waals surface area (Å²) in [6.45, 7) is 7.93. The maximum atomic E-state index is 12.5. The van der Waals surface area contributed by atoms with Gasteiger partial charge in [0.15, 0.2) is 0 Å². The van der Waals surface area contributed by atoms with E-state index in [1.165, 1.54) is 12.8 Å². The number of Topliss-reactive ketones (excluding diaryl/α,β-unsaturated/α-hetero) is 1. The van der Waals surface area contributed by atoms with Crippen LogP contribution in [0.2, 0.25) is 0 Å². The lowest BCUT2D eigenvalue weighted by molar-refractivity contribution is -0.134. The van der Waals surface area contributed by atoms with E-state index in [1.54, 1.807) is 6.92 Å². The number of nitrogens with one attached hydrogen (secondary N) is 1. The first-order chi connectivity index (χ1) is 10.0. The average Bonchev–Trinajstić information content (AvgIpc) is 2.93. The van der Waals surface area contributed by atoms with Gasteiger partial charge in [0.25, 0.3) is 0 Å². The third-order valence-electron chi connectivity index (χ3n) is 5.22. The topological polar surface area (TPSA) is 49.4 Å². The van der Waals surface area contributed by atoms with Crippen LogP contribution >= 0.6 is 0 Å². The second-order valence-electron chi connectivity index (χ2n) is 6.98. The fourth-order valence-corrected chi connectivity index (χ4v) is 4.04. The molecule has 21 heavy (non-hydrogen) atoms. The first kappa shape index (κ1) is 16.5. The van der Waals surface area contributed by atoms with Crippen molar-refractivity contribution >= 4 is 11.7 Å². The van der Waals surface area contributed by atoms with Crippen LogP contribution < -0.4 is 5.32 Å². The van der Waals surface area contributed by atoms with E-state index in [2.05, 4.69) is 24.1 Å². The smallest absolute Gasteiger partial charge is 0.223 e. The molecule has 1 amide bonds. The van der Waals surface area contributed by atoms with Gasteiger partial charge in [0.1, 0.15) is 5.78 Å². The fraction of sp³-hybridized carbons (Fsp3) is 0.882. The summed E-state index contributed by atoms with van der Waals surface area (Å²) >= 11 is 0. The molecule has 120 valence electrons. The Morgan fingerprint density at radius 2 is 1.76 bits per heavy atom. The van der Waals surface area contributed by atoms with E-state index in [0.29, 0.717) is 12.1 Å². The lowest BCUT2D eigenvalue weighted by atomic mass is 9.77. The molecular weight excluding hydrogens is 264 g/mol. The van der Waals surface area contributed by atoms with E-state index in [0.717, 1.165) is 38.8 Å². The summed E-state index contributed by atoms with van der Waals surface area (Å²) in [6.07, 6.45) is 6.29. The van der Waals surface area contributed by atoms with Crippen LogP contribution in [0, 0.1) is 11.8 Å². The zero-order valence-electron chi connectivity index (χ0n) is 13.7. The van der Waals surface area contributed by atoms with Gasteiger partial charge < -0.3 is 5.32 Å². The van der Waals surface area contributed by atoms with Gasteiger partial charge in [-0.25, -0.2) is 0 Å². The molecular formula is C17H30N2O2. The molecule has 0 aromatic carbocycles. The molecule has 2 aliphatic rings. The number of likely N-dealkylation sites (tertiary alicyclic amines) is 1. The summed E-state index contributed by atoms with van der Waals surface area (Å²) < 4.78 is 0. The van der Waals surface area contributed by atoms with Crippen LogP contribution in [-0.4, -0.2) is 41.8 Å². The first-order valence-corrected chi connectivity index (χ1v) is 8.54. The monoisotopic (exact) mass is 294 g/mol. The van der Waals surface area contributed by atoms with Crippen LogP contribution in [0.15, 0.2) is 0 Å². The molecule has 4 heteroatoms. The van der Waals surface area contributed by atoms with E-state index in [-0.39, 0.29) is 23.5 Å². The van der Waals surface area contributed by atoms with E-state index in [4.69, 9.17) is 0 Å². The SMILES string of the molecule is CC(=O)[C@@H]1CCCC[C@@H]1C(=O)NC[C@@H]1CCCN1C(C)C. The number of nitrogens with zero attached hydrogens (tertiary/aromatic N) is 1. The molecule has 1 N–H and O–H groups in total. The van der Waals surface area contributed by atoms with Crippen molar-refractivity contribution in [2.24, 2.45) is 11.8 Å². The Bertz CT molecular complexity index is 381. The van der Waals surface area contributed by atoms with Crippen molar-refractivity contribution in [3.05, 3.63) is 0 Å². The molecule has 0 radical (unpaired) electrons. The van der Waals surface area contributed by atoms with Crippen LogP contribution in [0.25, 0.3) is 0 Å². The third kappa shape index (κ3) is 4.06. The number of carbonyl (C=O) groups is 2. The average molecular weight is 294 g/mol.